The summed E-state index contributed by atoms with van der Waals surface area (Å²) < 4.78 is 0. The number of rotatable bonds is 3. The molecule has 0 N–H and O–H groups in total. The third-order valence-electron chi connectivity index (χ3n) is 3.04. The minimum Gasteiger partial charge on any atom is -0.103 e. The van der Waals surface area contributed by atoms with Gasteiger partial charge >= 0.3 is 0 Å². The summed E-state index contributed by atoms with van der Waals surface area (Å²) in [6.07, 6.45) is 3.52. The van der Waals surface area contributed by atoms with E-state index in [1.165, 1.54) is 12.8 Å². The molecule has 0 nitrogen and oxygen atoms in total. The zero-order valence-electron chi connectivity index (χ0n) is 10.8. The van der Waals surface area contributed by atoms with Crippen molar-refractivity contribution in [1.82, 2.24) is 0 Å². The van der Waals surface area contributed by atoms with Gasteiger partial charge in [-0.1, -0.05) is 41.5 Å². The molecule has 0 rings (SSSR count). The van der Waals surface area contributed by atoms with Gasteiger partial charge < -0.3 is 0 Å². The minimum absolute atomic E-state index is 0.442. The second kappa shape index (κ2) is 6.12. The number of hydrogen-bond donors (Lipinski definition) is 0. The summed E-state index contributed by atoms with van der Waals surface area (Å²) >= 11 is 0. The van der Waals surface area contributed by atoms with Crippen LogP contribution in [0.2, 0.25) is 0 Å². The summed E-state index contributed by atoms with van der Waals surface area (Å²) in [5.74, 6) is 7.80. The Morgan fingerprint density at radius 1 is 1.07 bits per heavy atom. The van der Waals surface area contributed by atoms with Crippen molar-refractivity contribution in [3.05, 3.63) is 0 Å². The standard InChI is InChI=1S/C14H26/c1-7-8-9-12(2)10-11-13(3)14(4,5)6/h12-13H,7,10-11H2,1-6H3. The van der Waals surface area contributed by atoms with Crippen LogP contribution in [0.4, 0.5) is 0 Å². The summed E-state index contributed by atoms with van der Waals surface area (Å²) in [5, 5.41) is 0. The lowest BCUT2D eigenvalue weighted by molar-refractivity contribution is 0.237. The molecule has 0 aliphatic carbocycles. The molecule has 0 heteroatoms. The molecular weight excluding hydrogens is 168 g/mol. The fraction of sp³-hybridized carbons (Fsp3) is 0.857. The molecule has 2 unspecified atom stereocenters. The quantitative estimate of drug-likeness (QED) is 0.580. The molecule has 0 bridgehead atoms. The first-order chi connectivity index (χ1) is 6.38. The van der Waals surface area contributed by atoms with E-state index >= 15 is 0 Å². The molecule has 0 spiro atoms. The molecule has 0 aromatic heterocycles. The van der Waals surface area contributed by atoms with E-state index in [1.54, 1.807) is 0 Å². The van der Waals surface area contributed by atoms with E-state index in [-0.39, 0.29) is 0 Å². The maximum atomic E-state index is 3.29. The van der Waals surface area contributed by atoms with Gasteiger partial charge in [0.05, 0.1) is 0 Å². The van der Waals surface area contributed by atoms with Crippen molar-refractivity contribution in [2.24, 2.45) is 17.3 Å². The fourth-order valence-electron chi connectivity index (χ4n) is 1.28. The Morgan fingerprint density at radius 2 is 1.64 bits per heavy atom. The summed E-state index contributed by atoms with van der Waals surface area (Å²) in [4.78, 5) is 0. The van der Waals surface area contributed by atoms with Gasteiger partial charge in [-0.05, 0) is 24.2 Å². The summed E-state index contributed by atoms with van der Waals surface area (Å²) in [6, 6.07) is 0. The lowest BCUT2D eigenvalue weighted by atomic mass is 9.78. The van der Waals surface area contributed by atoms with E-state index < -0.39 is 0 Å². The van der Waals surface area contributed by atoms with E-state index in [4.69, 9.17) is 0 Å². The lowest BCUT2D eigenvalue weighted by Crippen LogP contribution is -2.17. The monoisotopic (exact) mass is 194 g/mol. The van der Waals surface area contributed by atoms with Crippen molar-refractivity contribution in [2.45, 2.75) is 60.8 Å². The van der Waals surface area contributed by atoms with Crippen LogP contribution in [0.5, 0.6) is 0 Å². The zero-order chi connectivity index (χ0) is 11.2. The van der Waals surface area contributed by atoms with Gasteiger partial charge in [-0.2, -0.15) is 0 Å². The first kappa shape index (κ1) is 13.6. The molecule has 0 radical (unpaired) electrons. The number of hydrogen-bond acceptors (Lipinski definition) is 0. The normalized spacial score (nSPS) is 15.6. The van der Waals surface area contributed by atoms with Crippen molar-refractivity contribution >= 4 is 0 Å². The smallest absolute Gasteiger partial charge is 0.0174 e. The topological polar surface area (TPSA) is 0 Å². The minimum atomic E-state index is 0.442. The highest BCUT2D eigenvalue weighted by Gasteiger charge is 2.19. The van der Waals surface area contributed by atoms with Gasteiger partial charge in [0.15, 0.2) is 0 Å². The maximum absolute atomic E-state index is 3.29. The van der Waals surface area contributed by atoms with Crippen LogP contribution in [-0.2, 0) is 0 Å². The van der Waals surface area contributed by atoms with Crippen LogP contribution in [0.1, 0.15) is 60.8 Å². The Kier molecular flexibility index (Phi) is 5.93. The van der Waals surface area contributed by atoms with Crippen molar-refractivity contribution in [2.75, 3.05) is 0 Å². The zero-order valence-corrected chi connectivity index (χ0v) is 10.8. The van der Waals surface area contributed by atoms with Crippen molar-refractivity contribution < 1.29 is 0 Å². The molecular formula is C14H26. The summed E-state index contributed by atoms with van der Waals surface area (Å²) in [7, 11) is 0. The van der Waals surface area contributed by atoms with E-state index in [1.807, 2.05) is 0 Å². The lowest BCUT2D eigenvalue weighted by Gasteiger charge is -2.27. The van der Waals surface area contributed by atoms with Crippen LogP contribution in [0.3, 0.4) is 0 Å². The molecule has 0 aliphatic rings. The highest BCUT2D eigenvalue weighted by Crippen LogP contribution is 2.29. The third-order valence-corrected chi connectivity index (χ3v) is 3.04. The van der Waals surface area contributed by atoms with Crippen LogP contribution in [0.25, 0.3) is 0 Å². The first-order valence-electron chi connectivity index (χ1n) is 5.86. The average molecular weight is 194 g/mol. The first-order valence-corrected chi connectivity index (χ1v) is 5.86. The Hall–Kier alpha value is -0.440. The average Bonchev–Trinajstić information content (AvgIpc) is 2.09. The molecule has 0 heterocycles. The highest BCUT2D eigenvalue weighted by atomic mass is 14.2. The second-order valence-corrected chi connectivity index (χ2v) is 5.42. The van der Waals surface area contributed by atoms with Gasteiger partial charge in [-0.15, -0.1) is 11.8 Å². The Labute approximate surface area is 90.5 Å². The fourth-order valence-corrected chi connectivity index (χ4v) is 1.28. The van der Waals surface area contributed by atoms with E-state index in [0.29, 0.717) is 11.3 Å². The predicted octanol–water partition coefficient (Wildman–Crippen LogP) is 4.50. The Balaban J connectivity index is 3.83. The molecule has 0 aromatic carbocycles. The molecule has 0 amide bonds. The van der Waals surface area contributed by atoms with Crippen LogP contribution in [0, 0.1) is 29.1 Å². The molecule has 0 saturated carbocycles. The molecule has 0 saturated heterocycles. The van der Waals surface area contributed by atoms with Crippen molar-refractivity contribution in [1.29, 1.82) is 0 Å². The van der Waals surface area contributed by atoms with Crippen LogP contribution < -0.4 is 0 Å². The van der Waals surface area contributed by atoms with Crippen LogP contribution in [-0.4, -0.2) is 0 Å². The molecule has 0 fully saturated rings. The highest BCUT2D eigenvalue weighted by molar-refractivity contribution is 5.01. The van der Waals surface area contributed by atoms with Crippen molar-refractivity contribution in [3.63, 3.8) is 0 Å². The summed E-state index contributed by atoms with van der Waals surface area (Å²) in [5.41, 5.74) is 0.442. The van der Waals surface area contributed by atoms with E-state index in [2.05, 4.69) is 53.4 Å². The maximum Gasteiger partial charge on any atom is 0.0174 e. The Morgan fingerprint density at radius 3 is 2.07 bits per heavy atom. The third kappa shape index (κ3) is 6.08. The second-order valence-electron chi connectivity index (χ2n) is 5.42. The summed E-state index contributed by atoms with van der Waals surface area (Å²) in [6.45, 7) is 13.6. The van der Waals surface area contributed by atoms with Gasteiger partial charge in [0.1, 0.15) is 0 Å². The molecule has 0 aliphatic heterocycles. The molecule has 2 atom stereocenters. The van der Waals surface area contributed by atoms with Gasteiger partial charge in [0, 0.05) is 12.3 Å². The van der Waals surface area contributed by atoms with Gasteiger partial charge in [0.25, 0.3) is 0 Å². The van der Waals surface area contributed by atoms with Gasteiger partial charge in [0.2, 0.25) is 0 Å². The molecule has 0 aromatic rings. The van der Waals surface area contributed by atoms with Crippen molar-refractivity contribution in [3.8, 4) is 11.8 Å². The SMILES string of the molecule is CCC#CC(C)CCC(C)C(C)(C)C. The van der Waals surface area contributed by atoms with E-state index in [0.717, 1.165) is 12.3 Å². The largest absolute Gasteiger partial charge is 0.103 e. The van der Waals surface area contributed by atoms with Gasteiger partial charge in [-0.25, -0.2) is 0 Å². The predicted molar refractivity (Wildman–Crippen MR) is 65.1 cm³/mol. The molecule has 14 heavy (non-hydrogen) atoms. The van der Waals surface area contributed by atoms with Crippen LogP contribution >= 0.6 is 0 Å². The van der Waals surface area contributed by atoms with E-state index in [9.17, 15) is 0 Å². The van der Waals surface area contributed by atoms with Gasteiger partial charge in [-0.3, -0.25) is 0 Å². The van der Waals surface area contributed by atoms with Crippen LogP contribution in [0.15, 0.2) is 0 Å². The molecule has 82 valence electrons. The Bertz CT molecular complexity index is 196.